The lowest BCUT2D eigenvalue weighted by Gasteiger charge is -2.29. The van der Waals surface area contributed by atoms with Gasteiger partial charge in [-0.1, -0.05) is 25.4 Å². The van der Waals surface area contributed by atoms with Crippen molar-refractivity contribution in [2.75, 3.05) is 25.0 Å². The van der Waals surface area contributed by atoms with Crippen LogP contribution in [0.4, 0.5) is 5.69 Å². The van der Waals surface area contributed by atoms with E-state index in [-0.39, 0.29) is 12.5 Å². The molecule has 0 aliphatic carbocycles. The Balaban J connectivity index is 1.44. The monoisotopic (exact) mass is 454 g/mol. The lowest BCUT2D eigenvalue weighted by Crippen LogP contribution is -2.33. The number of piperidine rings is 1. The van der Waals surface area contributed by atoms with E-state index in [1.54, 1.807) is 24.3 Å². The summed E-state index contributed by atoms with van der Waals surface area (Å²) >= 11 is 5.88. The molecule has 1 aliphatic heterocycles. The van der Waals surface area contributed by atoms with Crippen LogP contribution >= 0.6 is 11.6 Å². The number of benzene rings is 2. The SMILES string of the molecule is CCCn1c(CN2CCC(C)CC2)nc2cc(NC(=O)COc3ccc(Cl)cc3)ccc21. The van der Waals surface area contributed by atoms with Crippen LogP contribution in [-0.4, -0.2) is 40.1 Å². The van der Waals surface area contributed by atoms with Gasteiger partial charge in [-0.2, -0.15) is 0 Å². The van der Waals surface area contributed by atoms with Gasteiger partial charge < -0.3 is 14.6 Å². The minimum atomic E-state index is -0.213. The van der Waals surface area contributed by atoms with Gasteiger partial charge in [0.05, 0.1) is 17.6 Å². The zero-order chi connectivity index (χ0) is 22.5. The second-order valence-corrected chi connectivity index (χ2v) is 9.07. The molecular weight excluding hydrogens is 424 g/mol. The van der Waals surface area contributed by atoms with Gasteiger partial charge in [-0.15, -0.1) is 0 Å². The molecular formula is C25H31ClN4O2. The van der Waals surface area contributed by atoms with E-state index in [4.69, 9.17) is 21.3 Å². The maximum atomic E-state index is 12.4. The largest absolute Gasteiger partial charge is 0.484 e. The maximum Gasteiger partial charge on any atom is 0.262 e. The van der Waals surface area contributed by atoms with Gasteiger partial charge in [-0.25, -0.2) is 4.98 Å². The number of rotatable bonds is 8. The first-order valence-corrected chi connectivity index (χ1v) is 11.8. The van der Waals surface area contributed by atoms with Gasteiger partial charge in [0.2, 0.25) is 0 Å². The Morgan fingerprint density at radius 3 is 2.66 bits per heavy atom. The highest BCUT2D eigenvalue weighted by molar-refractivity contribution is 6.30. The molecule has 4 rings (SSSR count). The second kappa shape index (κ2) is 10.4. The highest BCUT2D eigenvalue weighted by Gasteiger charge is 2.19. The van der Waals surface area contributed by atoms with E-state index in [0.29, 0.717) is 10.8 Å². The Kier molecular flexibility index (Phi) is 7.33. The molecule has 1 N–H and O–H groups in total. The molecule has 1 fully saturated rings. The number of aryl methyl sites for hydroxylation is 1. The molecule has 7 heteroatoms. The quantitative estimate of drug-likeness (QED) is 0.498. The van der Waals surface area contributed by atoms with Crippen LogP contribution in [-0.2, 0) is 17.9 Å². The van der Waals surface area contributed by atoms with Crippen LogP contribution in [0, 0.1) is 5.92 Å². The normalized spacial score (nSPS) is 15.2. The molecule has 0 unspecified atom stereocenters. The molecule has 6 nitrogen and oxygen atoms in total. The smallest absolute Gasteiger partial charge is 0.262 e. The molecule has 1 aliphatic rings. The molecule has 1 aromatic heterocycles. The number of carbonyl (C=O) groups excluding carboxylic acids is 1. The highest BCUT2D eigenvalue weighted by atomic mass is 35.5. The predicted octanol–water partition coefficient (Wildman–Crippen LogP) is 5.35. The minimum absolute atomic E-state index is 0.0669. The lowest BCUT2D eigenvalue weighted by atomic mass is 9.99. The maximum absolute atomic E-state index is 12.4. The highest BCUT2D eigenvalue weighted by Crippen LogP contribution is 2.24. The molecule has 0 saturated carbocycles. The van der Waals surface area contributed by atoms with Gasteiger partial charge in [0.15, 0.2) is 6.61 Å². The first-order valence-electron chi connectivity index (χ1n) is 11.4. The Labute approximate surface area is 194 Å². The molecule has 1 amide bonds. The summed E-state index contributed by atoms with van der Waals surface area (Å²) < 4.78 is 7.86. The van der Waals surface area contributed by atoms with Crippen LogP contribution in [0.3, 0.4) is 0 Å². The van der Waals surface area contributed by atoms with Crippen molar-refractivity contribution in [1.82, 2.24) is 14.5 Å². The van der Waals surface area contributed by atoms with Gasteiger partial charge >= 0.3 is 0 Å². The fourth-order valence-electron chi connectivity index (χ4n) is 4.15. The third kappa shape index (κ3) is 5.61. The van der Waals surface area contributed by atoms with E-state index >= 15 is 0 Å². The minimum Gasteiger partial charge on any atom is -0.484 e. The van der Waals surface area contributed by atoms with E-state index in [1.807, 2.05) is 12.1 Å². The van der Waals surface area contributed by atoms with Gasteiger partial charge in [0.1, 0.15) is 11.6 Å². The summed E-state index contributed by atoms with van der Waals surface area (Å²) in [6.45, 7) is 8.53. The van der Waals surface area contributed by atoms with Gasteiger partial charge in [-0.05, 0) is 80.7 Å². The standard InChI is InChI=1S/C25H31ClN4O2/c1-3-12-30-23-9-6-20(27-25(31)17-32-21-7-4-19(26)5-8-21)15-22(23)28-24(30)16-29-13-10-18(2)11-14-29/h4-9,15,18H,3,10-14,16-17H2,1-2H3,(H,27,31). The van der Waals surface area contributed by atoms with Crippen LogP contribution in [0.1, 0.15) is 38.9 Å². The fourth-order valence-corrected chi connectivity index (χ4v) is 4.27. The van der Waals surface area contributed by atoms with Crippen LogP contribution in [0.2, 0.25) is 5.02 Å². The van der Waals surface area contributed by atoms with Crippen molar-refractivity contribution in [3.63, 3.8) is 0 Å². The molecule has 3 aromatic rings. The molecule has 170 valence electrons. The van der Waals surface area contributed by atoms with Crippen molar-refractivity contribution in [3.8, 4) is 5.75 Å². The summed E-state index contributed by atoms with van der Waals surface area (Å²) in [5.74, 6) is 2.31. The number of aromatic nitrogens is 2. The van der Waals surface area contributed by atoms with Crippen molar-refractivity contribution >= 4 is 34.2 Å². The van der Waals surface area contributed by atoms with E-state index < -0.39 is 0 Å². The van der Waals surface area contributed by atoms with Gasteiger partial charge in [-0.3, -0.25) is 9.69 Å². The fraction of sp³-hybridized carbons (Fsp3) is 0.440. The number of anilines is 1. The number of imidazole rings is 1. The summed E-state index contributed by atoms with van der Waals surface area (Å²) in [4.78, 5) is 19.8. The lowest BCUT2D eigenvalue weighted by molar-refractivity contribution is -0.118. The zero-order valence-electron chi connectivity index (χ0n) is 18.8. The van der Waals surface area contributed by atoms with Crippen molar-refractivity contribution in [1.29, 1.82) is 0 Å². The predicted molar refractivity (Wildman–Crippen MR) is 129 cm³/mol. The Morgan fingerprint density at radius 1 is 1.19 bits per heavy atom. The first-order chi connectivity index (χ1) is 15.5. The zero-order valence-corrected chi connectivity index (χ0v) is 19.6. The van der Waals surface area contributed by atoms with Crippen LogP contribution < -0.4 is 10.1 Å². The molecule has 2 heterocycles. The summed E-state index contributed by atoms with van der Waals surface area (Å²) in [6.07, 6.45) is 3.56. The number of likely N-dealkylation sites (tertiary alicyclic amines) is 1. The summed E-state index contributed by atoms with van der Waals surface area (Å²) in [5, 5.41) is 3.54. The Morgan fingerprint density at radius 2 is 1.94 bits per heavy atom. The number of hydrogen-bond acceptors (Lipinski definition) is 4. The van der Waals surface area contributed by atoms with Crippen LogP contribution in [0.15, 0.2) is 42.5 Å². The summed E-state index contributed by atoms with van der Waals surface area (Å²) in [6, 6.07) is 12.9. The third-order valence-electron chi connectivity index (χ3n) is 5.98. The van der Waals surface area contributed by atoms with E-state index in [0.717, 1.165) is 61.1 Å². The van der Waals surface area contributed by atoms with Gasteiger partial charge in [0, 0.05) is 17.3 Å². The number of carbonyl (C=O) groups is 1. The number of nitrogens with zero attached hydrogens (tertiary/aromatic N) is 3. The van der Waals surface area contributed by atoms with Crippen molar-refractivity contribution in [3.05, 3.63) is 53.3 Å². The topological polar surface area (TPSA) is 59.4 Å². The van der Waals surface area contributed by atoms with E-state index in [2.05, 4.69) is 34.7 Å². The van der Waals surface area contributed by atoms with Crippen molar-refractivity contribution in [2.45, 2.75) is 46.2 Å². The number of hydrogen-bond donors (Lipinski definition) is 1. The molecule has 1 saturated heterocycles. The summed E-state index contributed by atoms with van der Waals surface area (Å²) in [7, 11) is 0. The second-order valence-electron chi connectivity index (χ2n) is 8.63. The number of ether oxygens (including phenoxy) is 1. The van der Waals surface area contributed by atoms with Crippen LogP contribution in [0.5, 0.6) is 5.75 Å². The van der Waals surface area contributed by atoms with Gasteiger partial charge in [0.25, 0.3) is 5.91 Å². The molecule has 0 radical (unpaired) electrons. The Bertz CT molecular complexity index is 1060. The number of fused-ring (bicyclic) bond motifs is 1. The van der Waals surface area contributed by atoms with E-state index in [1.165, 1.54) is 12.8 Å². The van der Waals surface area contributed by atoms with E-state index in [9.17, 15) is 4.79 Å². The molecule has 0 atom stereocenters. The molecule has 2 aromatic carbocycles. The average molecular weight is 455 g/mol. The number of nitrogens with one attached hydrogen (secondary N) is 1. The van der Waals surface area contributed by atoms with Crippen molar-refractivity contribution < 1.29 is 9.53 Å². The van der Waals surface area contributed by atoms with Crippen molar-refractivity contribution in [2.24, 2.45) is 5.92 Å². The van der Waals surface area contributed by atoms with Crippen LogP contribution in [0.25, 0.3) is 11.0 Å². The summed E-state index contributed by atoms with van der Waals surface area (Å²) in [5.41, 5.74) is 2.75. The molecule has 0 spiro atoms. The number of amides is 1. The Hall–Kier alpha value is -2.57. The third-order valence-corrected chi connectivity index (χ3v) is 6.24. The molecule has 0 bridgehead atoms. The number of halogens is 1. The first kappa shape index (κ1) is 22.6. The molecule has 32 heavy (non-hydrogen) atoms. The average Bonchev–Trinajstić information content (AvgIpc) is 3.11.